The number of halogens is 13. The summed E-state index contributed by atoms with van der Waals surface area (Å²) < 4.78 is 231. The SMILES string of the molecule is C=C(C)C(=O)OC(CC)C(F)(F)C(=O)OC1(C)CC(C)(C)OC(=O)C1(F)F.C=C(C)C(=O)OC1C(CC(=O)OC(C)C(F)(F)F)OC(=O)C1(F)F.C=C(C)C(=O)OC1CC(C2CCOC2=O)OC(=O)C1(F)F.C=C(C)C(=O)OCC(=O)OC1(C)CC(C)(C)OC(=O)C1(F)F. The van der Waals surface area contributed by atoms with Crippen molar-refractivity contribution in [2.24, 2.45) is 5.92 Å². The van der Waals surface area contributed by atoms with E-state index in [1.807, 2.05) is 0 Å². The summed E-state index contributed by atoms with van der Waals surface area (Å²) in [4.78, 5) is 137. The first-order chi connectivity index (χ1) is 42.3. The van der Waals surface area contributed by atoms with E-state index in [9.17, 15) is 115 Å². The number of alkyl halides is 13. The lowest BCUT2D eigenvalue weighted by Gasteiger charge is -2.45. The molecule has 9 atom stereocenters. The van der Waals surface area contributed by atoms with Crippen LogP contribution in [-0.2, 0) is 114 Å². The fraction of sp³-hybridized carbons (Fsp3) is 0.649. The maximum atomic E-state index is 14.4. The molecule has 37 heteroatoms. The number of hydrogen-bond donors (Lipinski definition) is 0. The molecule has 9 unspecified atom stereocenters. The van der Waals surface area contributed by atoms with Gasteiger partial charge in [0.15, 0.2) is 42.2 Å². The number of ether oxygens (including phenoxy) is 12. The molecule has 5 heterocycles. The molecule has 0 amide bonds. The van der Waals surface area contributed by atoms with Gasteiger partial charge in [-0.2, -0.15) is 57.1 Å². The van der Waals surface area contributed by atoms with E-state index in [1.54, 1.807) is 0 Å². The Hall–Kier alpha value is -8.31. The minimum absolute atomic E-state index is 0.0479. The molecular weight excluding hydrogens is 1320 g/mol. The number of esters is 12. The van der Waals surface area contributed by atoms with Crippen LogP contribution in [0.4, 0.5) is 57.1 Å². The molecule has 0 saturated carbocycles. The van der Waals surface area contributed by atoms with E-state index < -0.39 is 211 Å². The third-order valence-electron chi connectivity index (χ3n) is 13.4. The van der Waals surface area contributed by atoms with Gasteiger partial charge in [0.05, 0.1) is 18.9 Å². The first-order valence-corrected chi connectivity index (χ1v) is 27.4. The van der Waals surface area contributed by atoms with Crippen LogP contribution in [0.2, 0.25) is 0 Å². The Morgan fingerprint density at radius 3 is 1.47 bits per heavy atom. The molecule has 0 bridgehead atoms. The quantitative estimate of drug-likeness (QED) is 0.0545. The number of hydrogen-bond acceptors (Lipinski definition) is 24. The Morgan fingerprint density at radius 2 is 1.04 bits per heavy atom. The van der Waals surface area contributed by atoms with Crippen LogP contribution in [0.25, 0.3) is 0 Å². The molecule has 5 aliphatic rings. The van der Waals surface area contributed by atoms with Gasteiger partial charge in [-0.15, -0.1) is 0 Å². The number of cyclic esters (lactones) is 5. The van der Waals surface area contributed by atoms with Crippen molar-refractivity contribution < 1.29 is 171 Å². The van der Waals surface area contributed by atoms with Gasteiger partial charge in [-0.3, -0.25) is 9.59 Å². The van der Waals surface area contributed by atoms with Gasteiger partial charge >= 0.3 is 107 Å². The largest absolute Gasteiger partial charge is 0.465 e. The smallest absolute Gasteiger partial charge is 0.425 e. The molecule has 5 saturated heterocycles. The lowest BCUT2D eigenvalue weighted by Crippen LogP contribution is -2.64. The van der Waals surface area contributed by atoms with E-state index in [4.69, 9.17) is 9.47 Å². The summed E-state index contributed by atoms with van der Waals surface area (Å²) >= 11 is 0. The molecule has 0 aliphatic carbocycles. The highest BCUT2D eigenvalue weighted by Gasteiger charge is 2.70. The Morgan fingerprint density at radius 1 is 0.596 bits per heavy atom. The first kappa shape index (κ1) is 81.8. The highest BCUT2D eigenvalue weighted by Crippen LogP contribution is 2.48. The van der Waals surface area contributed by atoms with Crippen LogP contribution in [0, 0.1) is 5.92 Å². The van der Waals surface area contributed by atoms with Gasteiger partial charge in [0.25, 0.3) is 0 Å². The standard InChI is InChI=1S/C17H22F4O6.C14H18F2O6.C13H13F5O6.C13H14F2O6/c1-7-10(25-11(22)9(2)3)16(18,19)12(23)27-15(6)8-14(4,5)26-13(24)17(15,20)21;1-8(2)10(18)20-6-9(17)21-13(5)7-12(3,4)22-11(19)14(13,15)16;1-5(2)10(20)24-9-7(23-11(21)12(9,14)15)4-8(19)22-6(3)13(16,17)18;1-6(2)10(16)21-9-5-8(7-3-4-19-11(7)17)20-12(18)13(9,14)15/h10H,2,7-8H2,1,3-6H3;1,6-7H2,2-5H3;6-7,9H,1,4H2,2-3H3;7-9H,1,3-5H2,2H3. The molecule has 5 aliphatic heterocycles. The molecule has 0 aromatic rings. The van der Waals surface area contributed by atoms with Crippen molar-refractivity contribution in [3.05, 3.63) is 48.6 Å². The molecule has 530 valence electrons. The second-order valence-electron chi connectivity index (χ2n) is 23.3. The Bertz CT molecular complexity index is 3030. The monoisotopic (exact) mass is 1380 g/mol. The number of rotatable bonds is 18. The minimum atomic E-state index is -4.85. The van der Waals surface area contributed by atoms with Crippen LogP contribution >= 0.6 is 0 Å². The highest BCUT2D eigenvalue weighted by atomic mass is 19.4. The van der Waals surface area contributed by atoms with Crippen molar-refractivity contribution in [1.82, 2.24) is 0 Å². The zero-order valence-electron chi connectivity index (χ0n) is 52.2. The van der Waals surface area contributed by atoms with E-state index in [-0.39, 0.29) is 35.3 Å². The maximum absolute atomic E-state index is 14.4. The van der Waals surface area contributed by atoms with Crippen molar-refractivity contribution >= 4 is 71.6 Å². The van der Waals surface area contributed by atoms with Crippen LogP contribution in [0.5, 0.6) is 0 Å². The van der Waals surface area contributed by atoms with E-state index in [2.05, 4.69) is 73.7 Å². The van der Waals surface area contributed by atoms with E-state index in [0.29, 0.717) is 13.8 Å². The van der Waals surface area contributed by atoms with Crippen molar-refractivity contribution in [3.63, 3.8) is 0 Å². The van der Waals surface area contributed by atoms with Crippen LogP contribution in [0.15, 0.2) is 48.6 Å². The van der Waals surface area contributed by atoms with Crippen molar-refractivity contribution in [2.45, 2.75) is 216 Å². The summed E-state index contributed by atoms with van der Waals surface area (Å²) in [5.41, 5.74) is -8.43. The zero-order valence-corrected chi connectivity index (χ0v) is 52.2. The predicted molar refractivity (Wildman–Crippen MR) is 283 cm³/mol. The lowest BCUT2D eigenvalue weighted by molar-refractivity contribution is -0.271. The lowest BCUT2D eigenvalue weighted by atomic mass is 9.82. The van der Waals surface area contributed by atoms with Crippen molar-refractivity contribution in [3.8, 4) is 0 Å². The maximum Gasteiger partial charge on any atom is 0.425 e. The fourth-order valence-electron chi connectivity index (χ4n) is 8.58. The van der Waals surface area contributed by atoms with Crippen LogP contribution in [0.3, 0.4) is 0 Å². The molecule has 24 nitrogen and oxygen atoms in total. The average Bonchev–Trinajstić information content (AvgIpc) is 1.02. The second-order valence-corrected chi connectivity index (χ2v) is 23.3. The minimum Gasteiger partial charge on any atom is -0.465 e. The number of carbonyl (C=O) groups excluding carboxylic acids is 12. The fourth-order valence-corrected chi connectivity index (χ4v) is 8.58. The Labute approximate surface area is 526 Å². The Balaban J connectivity index is 0.000000428. The van der Waals surface area contributed by atoms with Gasteiger partial charge < -0.3 is 56.8 Å². The van der Waals surface area contributed by atoms with E-state index in [0.717, 1.165) is 13.8 Å². The molecule has 0 N–H and O–H groups in total. The van der Waals surface area contributed by atoms with Crippen LogP contribution in [0.1, 0.15) is 122 Å². The normalized spacial score (nSPS) is 26.4. The third kappa shape index (κ3) is 20.1. The van der Waals surface area contributed by atoms with Crippen molar-refractivity contribution in [2.75, 3.05) is 13.2 Å². The molecule has 0 aromatic carbocycles. The van der Waals surface area contributed by atoms with Gasteiger partial charge in [0, 0.05) is 41.6 Å². The zero-order chi connectivity index (χ0) is 73.4. The topological polar surface area (TPSA) is 316 Å². The van der Waals surface area contributed by atoms with Gasteiger partial charge in [0.2, 0.25) is 6.10 Å². The van der Waals surface area contributed by atoms with Gasteiger partial charge in [-0.1, -0.05) is 33.2 Å². The summed E-state index contributed by atoms with van der Waals surface area (Å²) in [7, 11) is 0. The molecule has 94 heavy (non-hydrogen) atoms. The third-order valence-corrected chi connectivity index (χ3v) is 13.4. The summed E-state index contributed by atoms with van der Waals surface area (Å²) in [6.07, 6.45) is -20.1. The molecule has 0 aromatic heterocycles. The molecule has 5 rings (SSSR count). The summed E-state index contributed by atoms with van der Waals surface area (Å²) in [5.74, 6) is -39.4. The molecular formula is C57H67F13O24. The molecule has 0 radical (unpaired) electrons. The summed E-state index contributed by atoms with van der Waals surface area (Å²) in [6.45, 7) is 26.0. The molecule has 0 spiro atoms. The summed E-state index contributed by atoms with van der Waals surface area (Å²) in [6, 6.07) is 0. The van der Waals surface area contributed by atoms with Crippen LogP contribution < -0.4 is 0 Å². The van der Waals surface area contributed by atoms with Gasteiger partial charge in [-0.25, -0.2) is 47.9 Å². The highest BCUT2D eigenvalue weighted by molar-refractivity contribution is 5.91. The first-order valence-electron chi connectivity index (χ1n) is 27.4. The number of carbonyl (C=O) groups is 12. The second kappa shape index (κ2) is 30.0. The summed E-state index contributed by atoms with van der Waals surface area (Å²) in [5, 5.41) is 0. The van der Waals surface area contributed by atoms with Gasteiger partial charge in [-0.05, 0) is 89.0 Å². The van der Waals surface area contributed by atoms with Crippen LogP contribution in [-0.4, -0.2) is 180 Å². The molecule has 5 fully saturated rings. The van der Waals surface area contributed by atoms with E-state index >= 15 is 0 Å². The Kier molecular flexibility index (Phi) is 26.1. The van der Waals surface area contributed by atoms with Crippen molar-refractivity contribution in [1.29, 1.82) is 0 Å². The average molecular weight is 1380 g/mol. The van der Waals surface area contributed by atoms with Gasteiger partial charge in [0.1, 0.15) is 17.3 Å². The predicted octanol–water partition coefficient (Wildman–Crippen LogP) is 7.86. The van der Waals surface area contributed by atoms with E-state index in [1.165, 1.54) is 55.4 Å².